The van der Waals surface area contributed by atoms with Crippen LogP contribution in [0.5, 0.6) is 0 Å². The molecule has 0 radical (unpaired) electrons. The molecular weight excluding hydrogens is 1230 g/mol. The topological polar surface area (TPSA) is 347 Å². The SMILES string of the molecule is CCOCCC(=O)N1CCN(c2ncc(CNC(=O)CCOCCNC(=O)O[C@@H]3CCC(C[C@@H](N)[C@@H]4CC(=O)[C@H](C)/C=C(\C)[C@@H](O)[C@@H](O)C(=O)C(C)C[C@H](C)/C=C/C=C/C=C(\C)C(OC)C[C@@H]5CC[C@@H](C)[C@@](O)(O5)C(=O)C(=O)N5CCCC[C@H]5C(=O)O4)C[C@H]3OC)cn2)CC1. The maximum absolute atomic E-state index is 14.6. The number of methoxy groups -OCH3 is 2. The molecule has 4 aliphatic heterocycles. The number of aliphatic hydroxyl groups is 3. The standard InChI is InChI=1S/C69H106N8O18/c1-10-91-32-24-60(80)75-27-29-76(30-28-75)67-73-41-50(42-74-67)40-72-59(79)23-31-92-33-25-71-68(87)94-55-22-20-49(37-58(55)90-9)36-52(70)57-39-54(78)45(4)35-47(6)62(82)63(83)61(81)46(5)34-43(2)16-12-11-13-17-44(3)56(89-8)38-51-21-19-48(7)69(88,95-51)64(84)65(85)77-26-15-14-18-53(77)66(86)93-57/h11-13,16-17,35,41-43,45-46,48-49,51-53,55-58,62-63,82-83,88H,10,14-15,18-34,36-40,70H2,1-9H3,(H,71,87)(H,72,79)/b13-11+,16-12+,44-17+,47-35+/t43-,45-,46?,48-,49?,51+,52-,53+,55-,56?,57+,58-,62-,63+,69-/m1/s1. The molecule has 530 valence electrons. The second-order valence-corrected chi connectivity index (χ2v) is 26.2. The summed E-state index contributed by atoms with van der Waals surface area (Å²) in [6.45, 7) is 16.0. The minimum atomic E-state index is -2.51. The fourth-order valence-corrected chi connectivity index (χ4v) is 13.0. The van der Waals surface area contributed by atoms with Gasteiger partial charge in [0.1, 0.15) is 36.2 Å². The number of piperazine rings is 1. The van der Waals surface area contributed by atoms with Crippen molar-refractivity contribution in [1.82, 2.24) is 30.4 Å². The summed E-state index contributed by atoms with van der Waals surface area (Å²) in [5.41, 5.74) is 8.71. The maximum atomic E-state index is 14.6. The van der Waals surface area contributed by atoms with Gasteiger partial charge in [-0.3, -0.25) is 28.8 Å². The fraction of sp³-hybridized carbons (Fsp3) is 0.710. The van der Waals surface area contributed by atoms with Crippen LogP contribution in [0.15, 0.2) is 60.0 Å². The molecule has 1 saturated carbocycles. The second-order valence-electron chi connectivity index (χ2n) is 26.2. The van der Waals surface area contributed by atoms with Gasteiger partial charge in [-0.25, -0.2) is 19.6 Å². The van der Waals surface area contributed by atoms with E-state index in [2.05, 4.69) is 20.6 Å². The molecule has 1 aromatic rings. The van der Waals surface area contributed by atoms with E-state index in [1.54, 1.807) is 40.3 Å². The normalized spacial score (nSPS) is 32.2. The van der Waals surface area contributed by atoms with Crippen LogP contribution in [-0.2, 0) is 73.3 Å². The Bertz CT molecular complexity index is 2830. The van der Waals surface area contributed by atoms with Crippen molar-refractivity contribution in [3.05, 3.63) is 65.6 Å². The van der Waals surface area contributed by atoms with Crippen LogP contribution in [0.3, 0.4) is 0 Å². The molecule has 0 aromatic carbocycles. The first kappa shape index (κ1) is 77.6. The third-order valence-electron chi connectivity index (χ3n) is 19.0. The number of Topliss-reactive ketones (excluding diaryl/α,β-unsaturated/α-hetero) is 3. The Morgan fingerprint density at radius 1 is 0.800 bits per heavy atom. The van der Waals surface area contributed by atoms with Gasteiger partial charge in [-0.2, -0.15) is 0 Å². The number of allylic oxidation sites excluding steroid dienone is 6. The molecule has 4 fully saturated rings. The van der Waals surface area contributed by atoms with E-state index >= 15 is 0 Å². The van der Waals surface area contributed by atoms with Crippen LogP contribution in [0, 0.1) is 29.6 Å². The van der Waals surface area contributed by atoms with Gasteiger partial charge in [0.15, 0.2) is 5.78 Å². The largest absolute Gasteiger partial charge is 0.459 e. The molecule has 5 aliphatic rings. The van der Waals surface area contributed by atoms with Crippen molar-refractivity contribution in [2.45, 2.75) is 206 Å². The van der Waals surface area contributed by atoms with Crippen LogP contribution < -0.4 is 21.3 Å². The average Bonchev–Trinajstić information content (AvgIpc) is 0.778. The lowest BCUT2D eigenvalue weighted by Crippen LogP contribution is -2.61. The lowest BCUT2D eigenvalue weighted by molar-refractivity contribution is -0.265. The molecule has 3 saturated heterocycles. The number of hydrogen-bond acceptors (Lipinski definition) is 22. The van der Waals surface area contributed by atoms with Crippen LogP contribution in [0.2, 0.25) is 0 Å². The summed E-state index contributed by atoms with van der Waals surface area (Å²) in [7, 11) is 3.04. The molecule has 0 spiro atoms. The lowest BCUT2D eigenvalue weighted by atomic mass is 9.80. The zero-order chi connectivity index (χ0) is 69.4. The molecule has 15 atom stereocenters. The van der Waals surface area contributed by atoms with Crippen LogP contribution in [-0.4, -0.2) is 223 Å². The number of nitrogens with zero attached hydrogens (tertiary/aromatic N) is 5. The molecular formula is C69H106N8O18. The average molecular weight is 1340 g/mol. The number of alkyl carbamates (subject to hydrolysis) is 1. The minimum absolute atomic E-state index is 0.00361. The van der Waals surface area contributed by atoms with Gasteiger partial charge in [0, 0.05) is 128 Å². The number of carbonyl (C=O) groups is 8. The fourth-order valence-electron chi connectivity index (χ4n) is 13.0. The molecule has 1 aliphatic carbocycles. The van der Waals surface area contributed by atoms with Crippen LogP contribution in [0.25, 0.3) is 0 Å². The number of hydrogen-bond donors (Lipinski definition) is 6. The predicted octanol–water partition coefficient (Wildman–Crippen LogP) is 4.54. The van der Waals surface area contributed by atoms with Gasteiger partial charge in [-0.15, -0.1) is 0 Å². The van der Waals surface area contributed by atoms with E-state index < -0.39 is 120 Å². The van der Waals surface area contributed by atoms with Crippen molar-refractivity contribution < 1.29 is 86.8 Å². The monoisotopic (exact) mass is 1330 g/mol. The summed E-state index contributed by atoms with van der Waals surface area (Å²) in [6.07, 6.45) is 10.4. The van der Waals surface area contributed by atoms with E-state index in [4.69, 9.17) is 38.9 Å². The van der Waals surface area contributed by atoms with Crippen LogP contribution >= 0.6 is 0 Å². The number of carbonyl (C=O) groups excluding carboxylic acids is 8. The number of nitrogens with one attached hydrogen (secondary N) is 2. The number of aromatic nitrogens is 2. The number of esters is 1. The number of rotatable bonds is 19. The number of aliphatic hydroxyl groups excluding tert-OH is 2. The van der Waals surface area contributed by atoms with Gasteiger partial charge < -0.3 is 79.5 Å². The zero-order valence-electron chi connectivity index (χ0n) is 57.2. The number of piperidine rings is 1. The molecule has 95 heavy (non-hydrogen) atoms. The number of ketones is 3. The van der Waals surface area contributed by atoms with E-state index in [1.165, 1.54) is 20.1 Å². The smallest absolute Gasteiger partial charge is 0.407 e. The molecule has 3 unspecified atom stereocenters. The van der Waals surface area contributed by atoms with Crippen molar-refractivity contribution in [1.29, 1.82) is 0 Å². The van der Waals surface area contributed by atoms with E-state index in [-0.39, 0.29) is 87.8 Å². The third-order valence-corrected chi connectivity index (χ3v) is 19.0. The number of cyclic esters (lactones) is 1. The van der Waals surface area contributed by atoms with E-state index in [9.17, 15) is 53.7 Å². The Hall–Kier alpha value is -6.36. The Balaban J connectivity index is 1.04. The summed E-state index contributed by atoms with van der Waals surface area (Å²) >= 11 is 0. The first-order valence-electron chi connectivity index (χ1n) is 34.0. The van der Waals surface area contributed by atoms with Gasteiger partial charge in [-0.1, -0.05) is 64.2 Å². The third kappa shape index (κ3) is 23.1. The number of amides is 4. The summed E-state index contributed by atoms with van der Waals surface area (Å²) in [5, 5.41) is 40.0. The zero-order valence-corrected chi connectivity index (χ0v) is 57.2. The number of ether oxygens (including phenoxy) is 7. The van der Waals surface area contributed by atoms with Crippen LogP contribution in [0.4, 0.5) is 10.7 Å². The number of nitrogens with two attached hydrogens (primary N) is 1. The number of fused-ring (bicyclic) bond motifs is 3. The molecule has 6 rings (SSSR count). The van der Waals surface area contributed by atoms with E-state index in [0.29, 0.717) is 109 Å². The van der Waals surface area contributed by atoms with Gasteiger partial charge >= 0.3 is 12.1 Å². The van der Waals surface area contributed by atoms with Crippen molar-refractivity contribution in [3.8, 4) is 0 Å². The van der Waals surface area contributed by atoms with E-state index in [0.717, 1.165) is 10.5 Å². The Kier molecular flexibility index (Phi) is 31.5. The highest BCUT2D eigenvalue weighted by Gasteiger charge is 2.53. The molecule has 26 nitrogen and oxygen atoms in total. The Labute approximate surface area is 559 Å². The number of anilines is 1. The molecule has 26 heteroatoms. The van der Waals surface area contributed by atoms with Crippen molar-refractivity contribution in [2.24, 2.45) is 35.3 Å². The highest BCUT2D eigenvalue weighted by molar-refractivity contribution is 6.39. The summed E-state index contributed by atoms with van der Waals surface area (Å²) in [5.74, 6) is -8.95. The lowest BCUT2D eigenvalue weighted by Gasteiger charge is -2.42. The second kappa shape index (κ2) is 38.5. The summed E-state index contributed by atoms with van der Waals surface area (Å²) < 4.78 is 40.8. The molecule has 4 amide bonds. The van der Waals surface area contributed by atoms with Crippen molar-refractivity contribution >= 4 is 53.1 Å². The molecule has 5 heterocycles. The minimum Gasteiger partial charge on any atom is -0.459 e. The van der Waals surface area contributed by atoms with Gasteiger partial charge in [0.25, 0.3) is 11.7 Å². The summed E-state index contributed by atoms with van der Waals surface area (Å²) in [6, 6.07) is -2.26. The van der Waals surface area contributed by atoms with Crippen molar-refractivity contribution in [2.75, 3.05) is 84.8 Å². The first-order chi connectivity index (χ1) is 45.4. The molecule has 2 bridgehead atoms. The highest BCUT2D eigenvalue weighted by atomic mass is 16.6. The van der Waals surface area contributed by atoms with Gasteiger partial charge in [0.05, 0.1) is 44.6 Å². The summed E-state index contributed by atoms with van der Waals surface area (Å²) in [4.78, 5) is 123. The maximum Gasteiger partial charge on any atom is 0.407 e. The highest BCUT2D eigenvalue weighted by Crippen LogP contribution is 2.38. The van der Waals surface area contributed by atoms with Crippen LogP contribution in [0.1, 0.15) is 144 Å². The predicted molar refractivity (Wildman–Crippen MR) is 351 cm³/mol. The Morgan fingerprint density at radius 2 is 1.53 bits per heavy atom. The quantitative estimate of drug-likeness (QED) is 0.0479. The molecule has 1 aromatic heterocycles. The first-order valence-corrected chi connectivity index (χ1v) is 34.0. The Morgan fingerprint density at radius 3 is 2.23 bits per heavy atom. The van der Waals surface area contributed by atoms with E-state index in [1.807, 2.05) is 61.0 Å². The molecule has 7 N–H and O–H groups in total. The van der Waals surface area contributed by atoms with Gasteiger partial charge in [0.2, 0.25) is 23.5 Å². The van der Waals surface area contributed by atoms with Gasteiger partial charge in [-0.05, 0) is 108 Å². The van der Waals surface area contributed by atoms with Crippen molar-refractivity contribution in [3.63, 3.8) is 0 Å².